The number of rotatable bonds is 5. The van der Waals surface area contributed by atoms with Crippen LogP contribution in [-0.4, -0.2) is 36.1 Å². The molecular weight excluding hydrogens is 232 g/mol. The molecule has 2 nitrogen and oxygen atoms in total. The lowest BCUT2D eigenvalue weighted by Crippen LogP contribution is -2.66. The molecule has 0 aromatic heterocycles. The summed E-state index contributed by atoms with van der Waals surface area (Å²) < 4.78 is 0. The van der Waals surface area contributed by atoms with Gasteiger partial charge in [0.05, 0.1) is 0 Å². The third-order valence-corrected chi connectivity index (χ3v) is 5.62. The van der Waals surface area contributed by atoms with Crippen molar-refractivity contribution in [3.05, 3.63) is 0 Å². The van der Waals surface area contributed by atoms with E-state index in [4.69, 9.17) is 0 Å². The first-order valence-corrected chi connectivity index (χ1v) is 8.39. The zero-order chi connectivity index (χ0) is 14.1. The zero-order valence-corrected chi connectivity index (χ0v) is 13.8. The summed E-state index contributed by atoms with van der Waals surface area (Å²) in [5.74, 6) is 1.05. The van der Waals surface area contributed by atoms with E-state index >= 15 is 0 Å². The highest BCUT2D eigenvalue weighted by Gasteiger charge is 2.42. The van der Waals surface area contributed by atoms with E-state index in [9.17, 15) is 0 Å². The normalized spacial score (nSPS) is 28.6. The van der Waals surface area contributed by atoms with E-state index in [0.29, 0.717) is 17.0 Å². The molecule has 0 spiro atoms. The fraction of sp³-hybridized carbons (Fsp3) is 1.00. The molecule has 112 valence electrons. The quantitative estimate of drug-likeness (QED) is 0.817. The van der Waals surface area contributed by atoms with Crippen LogP contribution in [0.5, 0.6) is 0 Å². The molecule has 1 saturated carbocycles. The zero-order valence-electron chi connectivity index (χ0n) is 13.8. The smallest absolute Gasteiger partial charge is 0.0329 e. The van der Waals surface area contributed by atoms with Crippen molar-refractivity contribution in [1.29, 1.82) is 0 Å². The summed E-state index contributed by atoms with van der Waals surface area (Å²) in [5, 5.41) is 3.84. The van der Waals surface area contributed by atoms with Crippen LogP contribution in [0, 0.1) is 11.3 Å². The standard InChI is InChI=1S/C17H34N2/c1-6-17(7-2)13-18-15(16(3,4)5)12-19(17)11-10-14-8-9-14/h14-15,18H,6-13H2,1-5H3. The Morgan fingerprint density at radius 1 is 1.16 bits per heavy atom. The maximum Gasteiger partial charge on any atom is 0.0329 e. The first-order chi connectivity index (χ1) is 8.91. The Kier molecular flexibility index (Phi) is 4.62. The lowest BCUT2D eigenvalue weighted by atomic mass is 9.80. The van der Waals surface area contributed by atoms with Gasteiger partial charge >= 0.3 is 0 Å². The maximum absolute atomic E-state index is 3.84. The van der Waals surface area contributed by atoms with Crippen LogP contribution in [0.2, 0.25) is 0 Å². The van der Waals surface area contributed by atoms with E-state index in [-0.39, 0.29) is 0 Å². The maximum atomic E-state index is 3.84. The van der Waals surface area contributed by atoms with Gasteiger partial charge in [0.15, 0.2) is 0 Å². The third kappa shape index (κ3) is 3.52. The predicted molar refractivity (Wildman–Crippen MR) is 83.5 cm³/mol. The van der Waals surface area contributed by atoms with Crippen molar-refractivity contribution < 1.29 is 0 Å². The van der Waals surface area contributed by atoms with Gasteiger partial charge in [0, 0.05) is 24.7 Å². The van der Waals surface area contributed by atoms with Crippen molar-refractivity contribution in [2.24, 2.45) is 11.3 Å². The number of hydrogen-bond donors (Lipinski definition) is 1. The second kappa shape index (κ2) is 5.73. The molecule has 19 heavy (non-hydrogen) atoms. The third-order valence-electron chi connectivity index (χ3n) is 5.62. The van der Waals surface area contributed by atoms with E-state index in [1.54, 1.807) is 0 Å². The molecule has 2 heteroatoms. The highest BCUT2D eigenvalue weighted by atomic mass is 15.3. The van der Waals surface area contributed by atoms with Crippen LogP contribution in [0.25, 0.3) is 0 Å². The summed E-state index contributed by atoms with van der Waals surface area (Å²) in [6.07, 6.45) is 6.95. The van der Waals surface area contributed by atoms with Gasteiger partial charge in [-0.05, 0) is 37.1 Å². The van der Waals surface area contributed by atoms with Crippen LogP contribution in [0.3, 0.4) is 0 Å². The van der Waals surface area contributed by atoms with Gasteiger partial charge in [-0.2, -0.15) is 0 Å². The van der Waals surface area contributed by atoms with Crippen LogP contribution < -0.4 is 5.32 Å². The largest absolute Gasteiger partial charge is 0.310 e. The van der Waals surface area contributed by atoms with Crippen LogP contribution in [-0.2, 0) is 0 Å². The second-order valence-electron chi connectivity index (χ2n) is 7.91. The molecule has 0 radical (unpaired) electrons. The number of nitrogens with zero attached hydrogens (tertiary/aromatic N) is 1. The minimum Gasteiger partial charge on any atom is -0.310 e. The summed E-state index contributed by atoms with van der Waals surface area (Å²) in [6.45, 7) is 15.6. The van der Waals surface area contributed by atoms with Gasteiger partial charge in [-0.25, -0.2) is 0 Å². The highest BCUT2D eigenvalue weighted by molar-refractivity contribution is 5.00. The van der Waals surface area contributed by atoms with Gasteiger partial charge in [0.2, 0.25) is 0 Å². The van der Waals surface area contributed by atoms with Crippen molar-refractivity contribution in [3.8, 4) is 0 Å². The molecule has 1 aliphatic carbocycles. The Hall–Kier alpha value is -0.0800. The Morgan fingerprint density at radius 3 is 2.26 bits per heavy atom. The summed E-state index contributed by atoms with van der Waals surface area (Å²) in [5.41, 5.74) is 0.780. The van der Waals surface area contributed by atoms with E-state index < -0.39 is 0 Å². The molecule has 1 aliphatic heterocycles. The van der Waals surface area contributed by atoms with Gasteiger partial charge in [0.1, 0.15) is 0 Å². The van der Waals surface area contributed by atoms with Gasteiger partial charge in [0.25, 0.3) is 0 Å². The molecule has 2 rings (SSSR count). The Bertz CT molecular complexity index is 284. The molecule has 1 saturated heterocycles. The Labute approximate surface area is 120 Å². The summed E-state index contributed by atoms with van der Waals surface area (Å²) in [4.78, 5) is 2.83. The van der Waals surface area contributed by atoms with E-state index in [1.807, 2.05) is 0 Å². The fourth-order valence-corrected chi connectivity index (χ4v) is 3.50. The van der Waals surface area contributed by atoms with Crippen LogP contribution in [0.4, 0.5) is 0 Å². The summed E-state index contributed by atoms with van der Waals surface area (Å²) in [7, 11) is 0. The lowest BCUT2D eigenvalue weighted by molar-refractivity contribution is 0.00611. The van der Waals surface area contributed by atoms with E-state index in [2.05, 4.69) is 44.8 Å². The molecule has 1 heterocycles. The minimum absolute atomic E-state index is 0.367. The highest BCUT2D eigenvalue weighted by Crippen LogP contribution is 2.36. The van der Waals surface area contributed by atoms with Gasteiger partial charge < -0.3 is 5.32 Å². The van der Waals surface area contributed by atoms with Crippen molar-refractivity contribution in [3.63, 3.8) is 0 Å². The monoisotopic (exact) mass is 266 g/mol. The molecule has 1 unspecified atom stereocenters. The molecule has 0 amide bonds. The first kappa shape index (κ1) is 15.3. The van der Waals surface area contributed by atoms with Gasteiger partial charge in [-0.3, -0.25) is 4.90 Å². The second-order valence-corrected chi connectivity index (χ2v) is 7.91. The lowest BCUT2D eigenvalue weighted by Gasteiger charge is -2.52. The van der Waals surface area contributed by atoms with Crippen LogP contribution >= 0.6 is 0 Å². The molecule has 1 N–H and O–H groups in total. The van der Waals surface area contributed by atoms with E-state index in [1.165, 1.54) is 51.7 Å². The first-order valence-electron chi connectivity index (χ1n) is 8.39. The van der Waals surface area contributed by atoms with Gasteiger partial charge in [-0.15, -0.1) is 0 Å². The minimum atomic E-state index is 0.367. The summed E-state index contributed by atoms with van der Waals surface area (Å²) in [6, 6.07) is 0.637. The average molecular weight is 266 g/mol. The molecule has 0 bridgehead atoms. The molecule has 2 aliphatic rings. The molecule has 0 aromatic rings. The van der Waals surface area contributed by atoms with Crippen molar-refractivity contribution in [2.75, 3.05) is 19.6 Å². The SMILES string of the molecule is CCC1(CC)CNC(C(C)(C)C)CN1CCC1CC1. The van der Waals surface area contributed by atoms with Crippen LogP contribution in [0.1, 0.15) is 66.7 Å². The predicted octanol–water partition coefficient (Wildman–Crippen LogP) is 3.67. The van der Waals surface area contributed by atoms with Crippen molar-refractivity contribution >= 4 is 0 Å². The van der Waals surface area contributed by atoms with E-state index in [0.717, 1.165) is 5.92 Å². The summed E-state index contributed by atoms with van der Waals surface area (Å²) >= 11 is 0. The molecule has 2 fully saturated rings. The Morgan fingerprint density at radius 2 is 1.79 bits per heavy atom. The average Bonchev–Trinajstić information content (AvgIpc) is 3.19. The molecule has 1 atom stereocenters. The van der Waals surface area contributed by atoms with Crippen LogP contribution in [0.15, 0.2) is 0 Å². The van der Waals surface area contributed by atoms with Crippen molar-refractivity contribution in [1.82, 2.24) is 10.2 Å². The number of nitrogens with one attached hydrogen (secondary N) is 1. The molecular formula is C17H34N2. The number of piperazine rings is 1. The van der Waals surface area contributed by atoms with Crippen molar-refractivity contribution in [2.45, 2.75) is 78.3 Å². The Balaban J connectivity index is 2.03. The fourth-order valence-electron chi connectivity index (χ4n) is 3.50. The molecule has 0 aromatic carbocycles. The number of hydrogen-bond acceptors (Lipinski definition) is 2. The van der Waals surface area contributed by atoms with Gasteiger partial charge in [-0.1, -0.05) is 47.5 Å². The topological polar surface area (TPSA) is 15.3 Å².